The fourth-order valence-electron chi connectivity index (χ4n) is 1.95. The first-order chi connectivity index (χ1) is 9.43. The van der Waals surface area contributed by atoms with E-state index in [9.17, 15) is 8.78 Å². The van der Waals surface area contributed by atoms with Crippen molar-refractivity contribution in [3.63, 3.8) is 0 Å². The smallest absolute Gasteiger partial charge is 0.141 e. The first-order valence-corrected chi connectivity index (χ1v) is 6.78. The van der Waals surface area contributed by atoms with E-state index in [0.29, 0.717) is 22.4 Å². The van der Waals surface area contributed by atoms with E-state index >= 15 is 0 Å². The lowest BCUT2D eigenvalue weighted by Gasteiger charge is -2.17. The predicted molar refractivity (Wildman–Crippen MR) is 77.8 cm³/mol. The molecule has 20 heavy (non-hydrogen) atoms. The molecule has 2 N–H and O–H groups in total. The van der Waals surface area contributed by atoms with Crippen molar-refractivity contribution in [3.05, 3.63) is 63.1 Å². The van der Waals surface area contributed by atoms with E-state index in [1.54, 1.807) is 25.1 Å². The van der Waals surface area contributed by atoms with Gasteiger partial charge in [-0.05, 0) is 46.1 Å². The third kappa shape index (κ3) is 2.83. The monoisotopic (exact) mass is 341 g/mol. The second-order valence-electron chi connectivity index (χ2n) is 4.49. The van der Waals surface area contributed by atoms with Crippen LogP contribution in [0, 0.1) is 18.6 Å². The third-order valence-electron chi connectivity index (χ3n) is 3.16. The molecule has 0 spiro atoms. The minimum Gasteiger partial charge on any atom is -0.496 e. The minimum absolute atomic E-state index is 0.288. The van der Waals surface area contributed by atoms with Crippen LogP contribution in [0.5, 0.6) is 5.75 Å². The average molecular weight is 342 g/mol. The number of hydrogen-bond donors (Lipinski definition) is 1. The highest BCUT2D eigenvalue weighted by Gasteiger charge is 2.17. The van der Waals surface area contributed by atoms with Crippen LogP contribution in [0.3, 0.4) is 0 Å². The van der Waals surface area contributed by atoms with Crippen LogP contribution >= 0.6 is 15.9 Å². The van der Waals surface area contributed by atoms with Gasteiger partial charge in [0.1, 0.15) is 17.4 Å². The highest BCUT2D eigenvalue weighted by molar-refractivity contribution is 9.10. The van der Waals surface area contributed by atoms with E-state index in [0.717, 1.165) is 0 Å². The Hall–Kier alpha value is -1.46. The van der Waals surface area contributed by atoms with Crippen molar-refractivity contribution in [3.8, 4) is 5.75 Å². The number of halogens is 3. The van der Waals surface area contributed by atoms with Gasteiger partial charge in [0, 0.05) is 11.6 Å². The highest BCUT2D eigenvalue weighted by atomic mass is 79.9. The maximum Gasteiger partial charge on any atom is 0.141 e. The van der Waals surface area contributed by atoms with Crippen molar-refractivity contribution in [1.29, 1.82) is 0 Å². The number of ether oxygens (including phenoxy) is 1. The van der Waals surface area contributed by atoms with Crippen molar-refractivity contribution in [2.45, 2.75) is 13.0 Å². The number of aryl methyl sites for hydroxylation is 1. The zero-order valence-corrected chi connectivity index (χ0v) is 12.7. The first kappa shape index (κ1) is 14.9. The van der Waals surface area contributed by atoms with Crippen LogP contribution < -0.4 is 10.5 Å². The van der Waals surface area contributed by atoms with Crippen molar-refractivity contribution in [2.75, 3.05) is 7.11 Å². The van der Waals surface area contributed by atoms with E-state index in [1.807, 2.05) is 0 Å². The quantitative estimate of drug-likeness (QED) is 0.912. The van der Waals surface area contributed by atoms with E-state index in [-0.39, 0.29) is 10.3 Å². The molecule has 0 bridgehead atoms. The summed E-state index contributed by atoms with van der Waals surface area (Å²) in [5, 5.41) is 0. The molecule has 0 radical (unpaired) electrons. The molecule has 106 valence electrons. The van der Waals surface area contributed by atoms with Crippen LogP contribution in [0.2, 0.25) is 0 Å². The Bertz CT molecular complexity index is 646. The van der Waals surface area contributed by atoms with E-state index in [1.165, 1.54) is 19.2 Å². The molecule has 5 heteroatoms. The first-order valence-electron chi connectivity index (χ1n) is 5.98. The van der Waals surface area contributed by atoms with Crippen LogP contribution in [0.4, 0.5) is 8.78 Å². The van der Waals surface area contributed by atoms with E-state index < -0.39 is 11.9 Å². The van der Waals surface area contributed by atoms with Gasteiger partial charge in [0.05, 0.1) is 17.6 Å². The third-order valence-corrected chi connectivity index (χ3v) is 3.77. The lowest BCUT2D eigenvalue weighted by atomic mass is 9.97. The summed E-state index contributed by atoms with van der Waals surface area (Å²) in [5.41, 5.74) is 7.88. The second-order valence-corrected chi connectivity index (χ2v) is 5.35. The zero-order chi connectivity index (χ0) is 14.9. The van der Waals surface area contributed by atoms with Crippen molar-refractivity contribution in [1.82, 2.24) is 0 Å². The summed E-state index contributed by atoms with van der Waals surface area (Å²) in [7, 11) is 1.44. The van der Waals surface area contributed by atoms with Crippen LogP contribution in [0.15, 0.2) is 34.8 Å². The Morgan fingerprint density at radius 3 is 2.45 bits per heavy atom. The summed E-state index contributed by atoms with van der Waals surface area (Å²) in [5.74, 6) is -0.426. The average Bonchev–Trinajstić information content (AvgIpc) is 2.43. The van der Waals surface area contributed by atoms with Gasteiger partial charge in [0.2, 0.25) is 0 Å². The normalized spacial score (nSPS) is 12.3. The maximum absolute atomic E-state index is 13.6. The molecule has 2 nitrogen and oxygen atoms in total. The summed E-state index contributed by atoms with van der Waals surface area (Å²) in [6.07, 6.45) is 0. The molecule has 0 aliphatic carbocycles. The number of methoxy groups -OCH3 is 1. The fraction of sp³-hybridized carbons (Fsp3) is 0.200. The predicted octanol–water partition coefficient (Wildman–Crippen LogP) is 4.09. The van der Waals surface area contributed by atoms with Crippen LogP contribution in [0.1, 0.15) is 22.7 Å². The molecule has 0 amide bonds. The number of benzene rings is 2. The molecule has 0 fully saturated rings. The Labute approximate surface area is 124 Å². The molecule has 2 aromatic carbocycles. The standard InChI is InChI=1S/C15H14BrF2NO/c1-8-3-4-9(5-12(8)17)15(19)10-6-11(16)13(18)7-14(10)20-2/h3-7,15H,19H2,1-2H3. The Balaban J connectivity index is 2.49. The summed E-state index contributed by atoms with van der Waals surface area (Å²) >= 11 is 3.12. The minimum atomic E-state index is -0.600. The number of rotatable bonds is 3. The molecule has 0 saturated carbocycles. The molecule has 0 saturated heterocycles. The lowest BCUT2D eigenvalue weighted by Crippen LogP contribution is -2.14. The van der Waals surface area contributed by atoms with Gasteiger partial charge in [0.25, 0.3) is 0 Å². The SMILES string of the molecule is COc1cc(F)c(Br)cc1C(N)c1ccc(C)c(F)c1. The zero-order valence-electron chi connectivity index (χ0n) is 11.1. The van der Waals surface area contributed by atoms with Gasteiger partial charge in [-0.15, -0.1) is 0 Å². The lowest BCUT2D eigenvalue weighted by molar-refractivity contribution is 0.404. The largest absolute Gasteiger partial charge is 0.496 e. The molecule has 0 aliphatic heterocycles. The van der Waals surface area contributed by atoms with Gasteiger partial charge in [-0.25, -0.2) is 8.78 Å². The van der Waals surface area contributed by atoms with Gasteiger partial charge >= 0.3 is 0 Å². The molecular weight excluding hydrogens is 328 g/mol. The number of hydrogen-bond acceptors (Lipinski definition) is 2. The van der Waals surface area contributed by atoms with Gasteiger partial charge in [-0.1, -0.05) is 12.1 Å². The number of nitrogens with two attached hydrogens (primary N) is 1. The highest BCUT2D eigenvalue weighted by Crippen LogP contribution is 2.33. The second kappa shape index (κ2) is 5.89. The molecule has 2 rings (SSSR count). The molecule has 0 aromatic heterocycles. The van der Waals surface area contributed by atoms with E-state index in [2.05, 4.69) is 15.9 Å². The molecule has 1 unspecified atom stereocenters. The summed E-state index contributed by atoms with van der Waals surface area (Å²) in [6.45, 7) is 1.68. The van der Waals surface area contributed by atoms with E-state index in [4.69, 9.17) is 10.5 Å². The Morgan fingerprint density at radius 1 is 1.15 bits per heavy atom. The fourth-order valence-corrected chi connectivity index (χ4v) is 2.31. The van der Waals surface area contributed by atoms with Gasteiger partial charge in [0.15, 0.2) is 0 Å². The molecule has 2 aromatic rings. The van der Waals surface area contributed by atoms with Crippen molar-refractivity contribution < 1.29 is 13.5 Å². The Kier molecular flexibility index (Phi) is 4.40. The molecule has 0 aliphatic rings. The van der Waals surface area contributed by atoms with Gasteiger partial charge in [-0.3, -0.25) is 0 Å². The van der Waals surface area contributed by atoms with Gasteiger partial charge < -0.3 is 10.5 Å². The van der Waals surface area contributed by atoms with Crippen LogP contribution in [0.25, 0.3) is 0 Å². The van der Waals surface area contributed by atoms with Gasteiger partial charge in [-0.2, -0.15) is 0 Å². The molecule has 0 heterocycles. The molecular formula is C15H14BrF2NO. The van der Waals surface area contributed by atoms with Crippen molar-refractivity contribution >= 4 is 15.9 Å². The Morgan fingerprint density at radius 2 is 1.85 bits per heavy atom. The van der Waals surface area contributed by atoms with Crippen LogP contribution in [-0.4, -0.2) is 7.11 Å². The van der Waals surface area contributed by atoms with Crippen LogP contribution in [-0.2, 0) is 0 Å². The summed E-state index contributed by atoms with van der Waals surface area (Å²) in [4.78, 5) is 0. The maximum atomic E-state index is 13.6. The topological polar surface area (TPSA) is 35.2 Å². The molecule has 1 atom stereocenters. The van der Waals surface area contributed by atoms with Crippen molar-refractivity contribution in [2.24, 2.45) is 5.73 Å². The summed E-state index contributed by atoms with van der Waals surface area (Å²) in [6, 6.07) is 7.00. The summed E-state index contributed by atoms with van der Waals surface area (Å²) < 4.78 is 32.6.